The largest absolute Gasteiger partial charge is 0.504 e. The number of aromatic hydroxyl groups is 1. The lowest BCUT2D eigenvalue weighted by atomic mass is 9.73. The molecule has 2 amide bonds. The molecule has 1 fully saturated rings. The predicted octanol–water partition coefficient (Wildman–Crippen LogP) is 4.91. The van der Waals surface area contributed by atoms with Gasteiger partial charge in [-0.1, -0.05) is 18.5 Å². The van der Waals surface area contributed by atoms with Crippen LogP contribution >= 0.6 is 11.6 Å². The Labute approximate surface area is 320 Å². The summed E-state index contributed by atoms with van der Waals surface area (Å²) in [6, 6.07) is 3.80. The highest BCUT2D eigenvalue weighted by atomic mass is 35.5. The van der Waals surface area contributed by atoms with Gasteiger partial charge in [-0.2, -0.15) is 22.7 Å². The maximum atomic E-state index is 15.3. The van der Waals surface area contributed by atoms with Crippen LogP contribution in [-0.2, 0) is 27.7 Å². The number of hydrogen-bond acceptors (Lipinski definition) is 11. The molecule has 20 heteroatoms. The molecule has 1 saturated heterocycles. The van der Waals surface area contributed by atoms with Gasteiger partial charge < -0.3 is 29.4 Å². The second-order valence-electron chi connectivity index (χ2n) is 13.7. The average Bonchev–Trinajstić information content (AvgIpc) is 3.72. The number of aromatic nitrogens is 7. The lowest BCUT2D eigenvalue weighted by molar-refractivity contribution is -0.137. The van der Waals surface area contributed by atoms with Gasteiger partial charge in [0.05, 0.1) is 40.3 Å². The van der Waals surface area contributed by atoms with Gasteiger partial charge in [-0.25, -0.2) is 19.3 Å². The molecule has 1 atom stereocenters. The number of hydrogen-bond donors (Lipinski definition) is 2. The molecular formula is C36H34ClF4N9O6. The third-order valence-electron chi connectivity index (χ3n) is 10.2. The summed E-state index contributed by atoms with van der Waals surface area (Å²) in [6.07, 6.45) is -1.42. The Morgan fingerprint density at radius 1 is 1.12 bits per heavy atom. The van der Waals surface area contributed by atoms with E-state index < -0.39 is 46.9 Å². The molecule has 2 aliphatic rings. The second kappa shape index (κ2) is 14.8. The molecule has 0 saturated carbocycles. The van der Waals surface area contributed by atoms with E-state index in [4.69, 9.17) is 21.1 Å². The number of pyridine rings is 1. The molecule has 0 radical (unpaired) electrons. The first kappa shape index (κ1) is 38.6. The van der Waals surface area contributed by atoms with Gasteiger partial charge in [0, 0.05) is 42.9 Å². The molecule has 15 nitrogen and oxygen atoms in total. The molecular weight excluding hydrogens is 766 g/mol. The molecule has 4 aromatic heterocycles. The van der Waals surface area contributed by atoms with Crippen molar-refractivity contribution in [1.82, 2.24) is 39.0 Å². The number of aryl methyl sites for hydroxylation is 1. The number of nitrogens with one attached hydrogen (secondary N) is 1. The average molecular weight is 800 g/mol. The molecule has 56 heavy (non-hydrogen) atoms. The number of ether oxygens (including phenoxy) is 2. The van der Waals surface area contributed by atoms with Crippen LogP contribution in [0.5, 0.6) is 11.6 Å². The molecule has 294 valence electrons. The van der Waals surface area contributed by atoms with E-state index >= 15 is 4.39 Å². The van der Waals surface area contributed by atoms with Gasteiger partial charge in [-0.3, -0.25) is 14.4 Å². The van der Waals surface area contributed by atoms with Crippen molar-refractivity contribution in [3.8, 4) is 23.0 Å². The van der Waals surface area contributed by atoms with Gasteiger partial charge in [0.2, 0.25) is 17.6 Å². The molecule has 1 aliphatic carbocycles. The molecule has 2 N–H and O–H groups in total. The van der Waals surface area contributed by atoms with Crippen LogP contribution in [0.3, 0.4) is 0 Å². The number of carbonyl (C=O) groups excluding carboxylic acids is 2. The number of fused-ring (bicyclic) bond motifs is 3. The zero-order chi connectivity index (χ0) is 40.1. The summed E-state index contributed by atoms with van der Waals surface area (Å²) < 4.78 is 68.2. The zero-order valence-corrected chi connectivity index (χ0v) is 30.9. The van der Waals surface area contributed by atoms with Gasteiger partial charge in [-0.05, 0) is 50.3 Å². The first-order chi connectivity index (χ1) is 26.6. The molecule has 1 aliphatic heterocycles. The number of methoxy groups -OCH3 is 1. The number of carbonyl (C=O) groups is 2. The van der Waals surface area contributed by atoms with Crippen LogP contribution in [0, 0.1) is 12.7 Å². The Morgan fingerprint density at radius 3 is 2.57 bits per heavy atom. The summed E-state index contributed by atoms with van der Waals surface area (Å²) in [6.45, 7) is 3.71. The van der Waals surface area contributed by atoms with Crippen molar-refractivity contribution in [2.24, 2.45) is 0 Å². The number of nitrogens with zero attached hydrogens (tertiary/aromatic N) is 8. The number of alkyl halides is 3. The van der Waals surface area contributed by atoms with Crippen molar-refractivity contribution in [3.05, 3.63) is 86.2 Å². The summed E-state index contributed by atoms with van der Waals surface area (Å²) in [5.74, 6) is -2.92. The molecule has 5 aromatic rings. The summed E-state index contributed by atoms with van der Waals surface area (Å²) in [4.78, 5) is 59.6. The maximum absolute atomic E-state index is 15.3. The van der Waals surface area contributed by atoms with E-state index in [1.165, 1.54) is 24.1 Å². The number of benzene rings is 1. The van der Waals surface area contributed by atoms with Crippen molar-refractivity contribution in [2.45, 2.75) is 57.2 Å². The van der Waals surface area contributed by atoms with Gasteiger partial charge in [-0.15, -0.1) is 5.10 Å². The van der Waals surface area contributed by atoms with Crippen molar-refractivity contribution in [1.29, 1.82) is 0 Å². The Bertz CT molecular complexity index is 2430. The van der Waals surface area contributed by atoms with Gasteiger partial charge >= 0.3 is 6.18 Å². The number of amides is 2. The molecule has 0 bridgehead atoms. The fourth-order valence-corrected chi connectivity index (χ4v) is 7.76. The Balaban J connectivity index is 1.29. The second-order valence-corrected chi connectivity index (χ2v) is 14.1. The number of anilines is 1. The molecule has 1 unspecified atom stereocenters. The third-order valence-corrected chi connectivity index (χ3v) is 10.5. The van der Waals surface area contributed by atoms with E-state index in [0.717, 1.165) is 22.8 Å². The molecule has 1 spiro atoms. The summed E-state index contributed by atoms with van der Waals surface area (Å²) in [5, 5.41) is 17.1. The Kier molecular flexibility index (Phi) is 10.2. The van der Waals surface area contributed by atoms with Gasteiger partial charge in [0.25, 0.3) is 11.5 Å². The quantitative estimate of drug-likeness (QED) is 0.153. The summed E-state index contributed by atoms with van der Waals surface area (Å²) in [5.41, 5.74) is -1.61. The van der Waals surface area contributed by atoms with Crippen molar-refractivity contribution < 1.29 is 41.7 Å². The summed E-state index contributed by atoms with van der Waals surface area (Å²) >= 11 is 6.14. The minimum Gasteiger partial charge on any atom is -0.504 e. The highest BCUT2D eigenvalue weighted by molar-refractivity contribution is 6.33. The number of likely N-dealkylation sites (tertiary alicyclic amines) is 1. The van der Waals surface area contributed by atoms with E-state index in [2.05, 4.69) is 30.4 Å². The first-order valence-electron chi connectivity index (χ1n) is 17.4. The van der Waals surface area contributed by atoms with Crippen LogP contribution in [0.15, 0.2) is 41.6 Å². The van der Waals surface area contributed by atoms with Crippen molar-refractivity contribution in [2.75, 3.05) is 38.7 Å². The highest BCUT2D eigenvalue weighted by Gasteiger charge is 2.49. The molecule has 1 aromatic carbocycles. The minimum atomic E-state index is -4.66. The van der Waals surface area contributed by atoms with E-state index in [1.807, 2.05) is 6.92 Å². The smallest absolute Gasteiger partial charge is 0.416 e. The van der Waals surface area contributed by atoms with Crippen LogP contribution in [0.4, 0.5) is 23.2 Å². The van der Waals surface area contributed by atoms with Crippen LogP contribution in [0.1, 0.15) is 65.1 Å². The van der Waals surface area contributed by atoms with Crippen LogP contribution in [-0.4, -0.2) is 89.4 Å². The van der Waals surface area contributed by atoms with E-state index in [1.54, 1.807) is 11.8 Å². The van der Waals surface area contributed by atoms with Crippen LogP contribution in [0.25, 0.3) is 17.2 Å². The fraction of sp³-hybridized carbons (Fsp3) is 0.389. The Hall–Kier alpha value is -5.69. The molecule has 7 rings (SSSR count). The SMILES string of the molecule is COCCOc1cc(-c2nc3n(CC(=O)Nc4ccc(C(F)(F)F)cc4Cl)c4c(c(=O)n3n2)C2(CCN(C(=O)c3ncnc(C)c3O)CC2)CC4C)c(F)cn1. The molecule has 5 heterocycles. The van der Waals surface area contributed by atoms with Crippen molar-refractivity contribution in [3.63, 3.8) is 0 Å². The van der Waals surface area contributed by atoms with Gasteiger partial charge in [0.15, 0.2) is 23.1 Å². The number of halogens is 5. The monoisotopic (exact) mass is 799 g/mol. The predicted molar refractivity (Wildman–Crippen MR) is 191 cm³/mol. The van der Waals surface area contributed by atoms with Crippen molar-refractivity contribution >= 4 is 34.9 Å². The number of piperidine rings is 1. The summed E-state index contributed by atoms with van der Waals surface area (Å²) in [7, 11) is 1.49. The maximum Gasteiger partial charge on any atom is 0.416 e. The minimum absolute atomic E-state index is 0.0437. The fourth-order valence-electron chi connectivity index (χ4n) is 7.53. The lowest BCUT2D eigenvalue weighted by Crippen LogP contribution is -2.46. The van der Waals surface area contributed by atoms with E-state index in [-0.39, 0.29) is 83.1 Å². The lowest BCUT2D eigenvalue weighted by Gasteiger charge is -2.39. The Morgan fingerprint density at radius 2 is 1.88 bits per heavy atom. The topological polar surface area (TPSA) is 179 Å². The number of rotatable bonds is 9. The normalized spacial score (nSPS) is 16.4. The van der Waals surface area contributed by atoms with E-state index in [9.17, 15) is 32.7 Å². The third kappa shape index (κ3) is 7.00. The standard InChI is InChI=1S/C36H34ClF4N9O6/c1-18-14-35(6-8-48(9-7-35)33(54)28-30(52)19(2)43-17-44-28)27-29(18)49(16-25(51)45-24-5-4-20(12-22(24)37)36(39,40)41)34-46-31(47-50(34)32(27)53)21-13-26(42-15-23(21)38)56-11-10-55-3/h4-5,12-13,15,17-18,52H,6-11,14,16H2,1-3H3,(H,45,51). The highest BCUT2D eigenvalue weighted by Crippen LogP contribution is 2.50. The van der Waals surface area contributed by atoms with E-state index in [0.29, 0.717) is 36.6 Å². The first-order valence-corrected chi connectivity index (χ1v) is 17.8. The van der Waals surface area contributed by atoms with Crippen LogP contribution < -0.4 is 15.6 Å². The van der Waals surface area contributed by atoms with Crippen LogP contribution in [0.2, 0.25) is 5.02 Å². The zero-order valence-electron chi connectivity index (χ0n) is 30.2. The van der Waals surface area contributed by atoms with Gasteiger partial charge in [0.1, 0.15) is 19.5 Å².